The van der Waals surface area contributed by atoms with Crippen LogP contribution in [0.25, 0.3) is 0 Å². The second-order valence-electron chi connectivity index (χ2n) is 5.94. The van der Waals surface area contributed by atoms with Crippen molar-refractivity contribution in [2.45, 2.75) is 57.1 Å². The fourth-order valence-corrected chi connectivity index (χ4v) is 3.65. The van der Waals surface area contributed by atoms with Gasteiger partial charge in [-0.3, -0.25) is 0 Å². The highest BCUT2D eigenvalue weighted by Crippen LogP contribution is 2.37. The quantitative estimate of drug-likeness (QED) is 0.771. The molecule has 1 aromatic carbocycles. The summed E-state index contributed by atoms with van der Waals surface area (Å²) in [6.45, 7) is 3.20. The van der Waals surface area contributed by atoms with Gasteiger partial charge in [0.05, 0.1) is 15.6 Å². The maximum Gasteiger partial charge on any atom is 0.0834 e. The first-order valence-electron chi connectivity index (χ1n) is 7.84. The Labute approximate surface area is 138 Å². The normalized spacial score (nSPS) is 18.9. The number of ether oxygens (including phenoxy) is 1. The molecule has 1 N–H and O–H groups in total. The zero-order valence-corrected chi connectivity index (χ0v) is 14.4. The van der Waals surface area contributed by atoms with Gasteiger partial charge >= 0.3 is 0 Å². The van der Waals surface area contributed by atoms with Gasteiger partial charge in [-0.15, -0.1) is 0 Å². The van der Waals surface area contributed by atoms with Crippen molar-refractivity contribution in [3.8, 4) is 0 Å². The molecule has 0 aliphatic heterocycles. The van der Waals surface area contributed by atoms with Crippen LogP contribution < -0.4 is 5.32 Å². The van der Waals surface area contributed by atoms with Crippen molar-refractivity contribution in [1.82, 2.24) is 5.32 Å². The lowest BCUT2D eigenvalue weighted by Gasteiger charge is -2.37. The van der Waals surface area contributed by atoms with Crippen molar-refractivity contribution in [1.29, 1.82) is 0 Å². The van der Waals surface area contributed by atoms with Gasteiger partial charge in [0, 0.05) is 13.2 Å². The van der Waals surface area contributed by atoms with Crippen LogP contribution in [0.4, 0.5) is 0 Å². The first-order chi connectivity index (χ1) is 10.1. The lowest BCUT2D eigenvalue weighted by Crippen LogP contribution is -2.52. The number of benzene rings is 1. The summed E-state index contributed by atoms with van der Waals surface area (Å²) < 4.78 is 5.96. The van der Waals surface area contributed by atoms with Crippen molar-refractivity contribution in [3.63, 3.8) is 0 Å². The molecule has 0 radical (unpaired) electrons. The zero-order valence-electron chi connectivity index (χ0n) is 12.9. The molecule has 0 heterocycles. The summed E-state index contributed by atoms with van der Waals surface area (Å²) in [6, 6.07) is 6.24. The van der Waals surface area contributed by atoms with Gasteiger partial charge in [0.25, 0.3) is 0 Å². The first-order valence-corrected chi connectivity index (χ1v) is 8.59. The number of nitrogens with one attached hydrogen (secondary N) is 1. The predicted octanol–water partition coefficient (Wildman–Crippen LogP) is 4.86. The Kier molecular flexibility index (Phi) is 6.36. The lowest BCUT2D eigenvalue weighted by atomic mass is 9.87. The van der Waals surface area contributed by atoms with Crippen LogP contribution in [-0.4, -0.2) is 25.3 Å². The Bertz CT molecular complexity index is 458. The van der Waals surface area contributed by atoms with Crippen LogP contribution in [-0.2, 0) is 11.2 Å². The first kappa shape index (κ1) is 17.1. The zero-order chi connectivity index (χ0) is 15.3. The van der Waals surface area contributed by atoms with Crippen LogP contribution in [0.5, 0.6) is 0 Å². The minimum Gasteiger partial charge on any atom is -0.377 e. The molecule has 2 rings (SSSR count). The topological polar surface area (TPSA) is 21.3 Å². The second kappa shape index (κ2) is 7.82. The molecular weight excluding hydrogens is 305 g/mol. The molecular formula is C17H25Cl2NO. The maximum atomic E-state index is 6.15. The number of hydrogen-bond acceptors (Lipinski definition) is 2. The average Bonchev–Trinajstić information content (AvgIpc) is 2.97. The Morgan fingerprint density at radius 3 is 2.52 bits per heavy atom. The van der Waals surface area contributed by atoms with Crippen LogP contribution in [0.3, 0.4) is 0 Å². The molecule has 0 saturated heterocycles. The van der Waals surface area contributed by atoms with Crippen molar-refractivity contribution < 1.29 is 4.74 Å². The Morgan fingerprint density at radius 2 is 1.95 bits per heavy atom. The van der Waals surface area contributed by atoms with E-state index in [9.17, 15) is 0 Å². The van der Waals surface area contributed by atoms with Gasteiger partial charge in [-0.25, -0.2) is 0 Å². The Hall–Kier alpha value is -0.280. The number of halogens is 2. The molecule has 0 spiro atoms. The number of hydrogen-bond donors (Lipinski definition) is 1. The van der Waals surface area contributed by atoms with Gasteiger partial charge in [-0.2, -0.15) is 0 Å². The Balaban J connectivity index is 2.17. The van der Waals surface area contributed by atoms with Gasteiger partial charge in [-0.05, 0) is 49.9 Å². The molecule has 1 aliphatic rings. The summed E-state index contributed by atoms with van der Waals surface area (Å²) in [7, 11) is 1.85. The van der Waals surface area contributed by atoms with E-state index < -0.39 is 0 Å². The highest BCUT2D eigenvalue weighted by Gasteiger charge is 2.41. The second-order valence-corrected chi connectivity index (χ2v) is 6.75. The number of methoxy groups -OCH3 is 1. The fraction of sp³-hybridized carbons (Fsp3) is 0.647. The van der Waals surface area contributed by atoms with Crippen LogP contribution >= 0.6 is 23.2 Å². The molecule has 0 bridgehead atoms. The minimum absolute atomic E-state index is 0.0404. The summed E-state index contributed by atoms with van der Waals surface area (Å²) >= 11 is 12.2. The monoisotopic (exact) mass is 329 g/mol. The maximum absolute atomic E-state index is 6.15. The molecule has 118 valence electrons. The van der Waals surface area contributed by atoms with E-state index in [4.69, 9.17) is 27.9 Å². The van der Waals surface area contributed by atoms with E-state index in [1.807, 2.05) is 19.2 Å². The van der Waals surface area contributed by atoms with Crippen LogP contribution in [0.1, 0.15) is 44.6 Å². The third kappa shape index (κ3) is 4.13. The smallest absolute Gasteiger partial charge is 0.0834 e. The van der Waals surface area contributed by atoms with Gasteiger partial charge in [0.15, 0.2) is 0 Å². The Morgan fingerprint density at radius 1 is 1.24 bits per heavy atom. The molecule has 4 heteroatoms. The summed E-state index contributed by atoms with van der Waals surface area (Å²) in [5.74, 6) is 0. The van der Waals surface area contributed by atoms with E-state index in [1.54, 1.807) is 0 Å². The van der Waals surface area contributed by atoms with Crippen molar-refractivity contribution in [3.05, 3.63) is 33.8 Å². The summed E-state index contributed by atoms with van der Waals surface area (Å²) in [6.07, 6.45) is 6.81. The van der Waals surface area contributed by atoms with Crippen molar-refractivity contribution >= 4 is 23.2 Å². The standard InChI is InChI=1S/C17H25Cl2NO/c1-3-10-20-16(17(21-2)8-4-5-9-17)12-13-6-7-14(18)15(19)11-13/h6-7,11,16,20H,3-5,8-10,12H2,1-2H3. The molecule has 1 saturated carbocycles. The van der Waals surface area contributed by atoms with E-state index in [-0.39, 0.29) is 5.60 Å². The van der Waals surface area contributed by atoms with E-state index in [2.05, 4.69) is 18.3 Å². The molecule has 1 aromatic rings. The van der Waals surface area contributed by atoms with Crippen LogP contribution in [0, 0.1) is 0 Å². The van der Waals surface area contributed by atoms with E-state index >= 15 is 0 Å². The van der Waals surface area contributed by atoms with Gasteiger partial charge in [0.2, 0.25) is 0 Å². The third-order valence-corrected chi connectivity index (χ3v) is 5.30. The SMILES string of the molecule is CCCNC(Cc1ccc(Cl)c(Cl)c1)C1(OC)CCCC1. The average molecular weight is 330 g/mol. The van der Waals surface area contributed by atoms with E-state index in [0.29, 0.717) is 16.1 Å². The highest BCUT2D eigenvalue weighted by atomic mass is 35.5. The molecule has 1 fully saturated rings. The van der Waals surface area contributed by atoms with Crippen LogP contribution in [0.2, 0.25) is 10.0 Å². The highest BCUT2D eigenvalue weighted by molar-refractivity contribution is 6.42. The van der Waals surface area contributed by atoms with Crippen LogP contribution in [0.15, 0.2) is 18.2 Å². The summed E-state index contributed by atoms with van der Waals surface area (Å²) in [4.78, 5) is 0. The third-order valence-electron chi connectivity index (χ3n) is 4.56. The molecule has 1 aliphatic carbocycles. The molecule has 2 nitrogen and oxygen atoms in total. The van der Waals surface area contributed by atoms with Gasteiger partial charge in [0.1, 0.15) is 0 Å². The van der Waals surface area contributed by atoms with Crippen molar-refractivity contribution in [2.75, 3.05) is 13.7 Å². The summed E-state index contributed by atoms with van der Waals surface area (Å²) in [5.41, 5.74) is 1.17. The van der Waals surface area contributed by atoms with Crippen molar-refractivity contribution in [2.24, 2.45) is 0 Å². The fourth-order valence-electron chi connectivity index (χ4n) is 3.33. The predicted molar refractivity (Wildman–Crippen MR) is 90.5 cm³/mol. The molecule has 1 unspecified atom stereocenters. The van der Waals surface area contributed by atoms with Gasteiger partial charge in [-0.1, -0.05) is 49.0 Å². The molecule has 21 heavy (non-hydrogen) atoms. The molecule has 0 amide bonds. The molecule has 1 atom stereocenters. The van der Waals surface area contributed by atoms with Gasteiger partial charge < -0.3 is 10.1 Å². The minimum atomic E-state index is -0.0404. The summed E-state index contributed by atoms with van der Waals surface area (Å²) in [5, 5.41) is 4.92. The number of rotatable bonds is 7. The molecule has 0 aromatic heterocycles. The largest absolute Gasteiger partial charge is 0.377 e. The van der Waals surface area contributed by atoms with E-state index in [0.717, 1.165) is 32.2 Å². The van der Waals surface area contributed by atoms with E-state index in [1.165, 1.54) is 18.4 Å². The lowest BCUT2D eigenvalue weighted by molar-refractivity contribution is -0.0354.